The molecule has 1 aromatic rings. The average Bonchev–Trinajstić information content (AvgIpc) is 2.47. The van der Waals surface area contributed by atoms with Gasteiger partial charge in [-0.15, -0.1) is 0 Å². The SMILES string of the molecule is C=C(N=Cc1ccccc1OCCO[Si](C)(C)C(C)(C)C)O[Si](C)(C)C. The molecule has 0 radical (unpaired) electrons. The molecule has 4 nitrogen and oxygen atoms in total. The molecule has 0 aliphatic rings. The first-order valence-corrected chi connectivity index (χ1v) is 15.4. The number of benzene rings is 1. The smallest absolute Gasteiger partial charge is 0.244 e. The second kappa shape index (κ2) is 9.01. The summed E-state index contributed by atoms with van der Waals surface area (Å²) in [7, 11) is -3.43. The van der Waals surface area contributed by atoms with Crippen molar-refractivity contribution >= 4 is 22.8 Å². The van der Waals surface area contributed by atoms with E-state index in [2.05, 4.69) is 65.1 Å². The van der Waals surface area contributed by atoms with E-state index in [9.17, 15) is 0 Å². The van der Waals surface area contributed by atoms with Crippen molar-refractivity contribution in [1.82, 2.24) is 0 Å². The number of nitrogens with zero attached hydrogens (tertiary/aromatic N) is 1. The van der Waals surface area contributed by atoms with Crippen LogP contribution in [-0.2, 0) is 8.85 Å². The zero-order valence-electron chi connectivity index (χ0n) is 17.7. The molecular weight excluding hydrogens is 358 g/mol. The van der Waals surface area contributed by atoms with Gasteiger partial charge in [0, 0.05) is 11.8 Å². The van der Waals surface area contributed by atoms with Crippen molar-refractivity contribution in [1.29, 1.82) is 0 Å². The Hall–Kier alpha value is -1.38. The maximum absolute atomic E-state index is 6.16. The third-order valence-corrected chi connectivity index (χ3v) is 9.69. The Kier molecular flexibility index (Phi) is 7.86. The number of hydrogen-bond acceptors (Lipinski definition) is 4. The van der Waals surface area contributed by atoms with E-state index >= 15 is 0 Å². The van der Waals surface area contributed by atoms with E-state index in [0.717, 1.165) is 11.3 Å². The van der Waals surface area contributed by atoms with Gasteiger partial charge in [-0.25, -0.2) is 4.99 Å². The molecule has 0 atom stereocenters. The molecule has 0 amide bonds. The predicted molar refractivity (Wildman–Crippen MR) is 116 cm³/mol. The maximum Gasteiger partial charge on any atom is 0.244 e. The summed E-state index contributed by atoms with van der Waals surface area (Å²) in [4.78, 5) is 4.33. The summed E-state index contributed by atoms with van der Waals surface area (Å²) >= 11 is 0. The first kappa shape index (κ1) is 22.7. The first-order chi connectivity index (χ1) is 11.8. The van der Waals surface area contributed by atoms with Gasteiger partial charge in [0.1, 0.15) is 12.4 Å². The summed E-state index contributed by atoms with van der Waals surface area (Å²) in [6.45, 7) is 22.5. The lowest BCUT2D eigenvalue weighted by Crippen LogP contribution is -2.41. The standard InChI is InChI=1S/C20H35NO3Si2/c1-17(24-25(5,6)7)21-16-18-12-10-11-13-19(18)22-14-15-23-26(8,9)20(2,3)4/h10-13,16H,1,14-15H2,2-9H3. The fourth-order valence-corrected chi connectivity index (χ4v) is 3.69. The average molecular weight is 394 g/mol. The molecular formula is C20H35NO3Si2. The normalized spacial score (nSPS) is 13.1. The van der Waals surface area contributed by atoms with Crippen molar-refractivity contribution in [3.63, 3.8) is 0 Å². The minimum atomic E-state index is -1.74. The van der Waals surface area contributed by atoms with Gasteiger partial charge in [0.25, 0.3) is 0 Å². The lowest BCUT2D eigenvalue weighted by Gasteiger charge is -2.36. The van der Waals surface area contributed by atoms with E-state index in [1.165, 1.54) is 0 Å². The molecule has 26 heavy (non-hydrogen) atoms. The van der Waals surface area contributed by atoms with E-state index in [-0.39, 0.29) is 5.04 Å². The molecule has 1 rings (SSSR count). The second-order valence-corrected chi connectivity index (χ2v) is 18.1. The number of aliphatic imine (C=N–C) groups is 1. The molecule has 0 N–H and O–H groups in total. The van der Waals surface area contributed by atoms with Crippen molar-refractivity contribution in [2.45, 2.75) is 58.5 Å². The molecule has 0 fully saturated rings. The molecule has 0 unspecified atom stereocenters. The highest BCUT2D eigenvalue weighted by Gasteiger charge is 2.36. The largest absolute Gasteiger partial charge is 0.532 e. The fraction of sp³-hybridized carbons (Fsp3) is 0.550. The minimum Gasteiger partial charge on any atom is -0.532 e. The quantitative estimate of drug-likeness (QED) is 0.229. The summed E-state index contributed by atoms with van der Waals surface area (Å²) < 4.78 is 17.8. The van der Waals surface area contributed by atoms with Gasteiger partial charge in [-0.05, 0) is 56.5 Å². The molecule has 0 heterocycles. The topological polar surface area (TPSA) is 40.0 Å². The van der Waals surface area contributed by atoms with Crippen molar-refractivity contribution in [2.24, 2.45) is 4.99 Å². The van der Waals surface area contributed by atoms with Crippen LogP contribution in [-0.4, -0.2) is 36.1 Å². The van der Waals surface area contributed by atoms with Gasteiger partial charge in [-0.2, -0.15) is 0 Å². The first-order valence-electron chi connectivity index (χ1n) is 9.10. The van der Waals surface area contributed by atoms with Crippen LogP contribution in [0.25, 0.3) is 0 Å². The molecule has 146 valence electrons. The van der Waals surface area contributed by atoms with Gasteiger partial charge in [0.2, 0.25) is 8.32 Å². The summed E-state index contributed by atoms with van der Waals surface area (Å²) in [5, 5.41) is 0.203. The van der Waals surface area contributed by atoms with Gasteiger partial charge in [0.05, 0.1) is 6.61 Å². The van der Waals surface area contributed by atoms with Crippen molar-refractivity contribution < 1.29 is 13.6 Å². The number of para-hydroxylation sites is 1. The Morgan fingerprint density at radius 2 is 1.69 bits per heavy atom. The third kappa shape index (κ3) is 7.89. The van der Waals surface area contributed by atoms with Crippen LogP contribution in [0.3, 0.4) is 0 Å². The fourth-order valence-electron chi connectivity index (χ4n) is 1.90. The predicted octanol–water partition coefficient (Wildman–Crippen LogP) is 5.83. The van der Waals surface area contributed by atoms with Gasteiger partial charge in [0.15, 0.2) is 14.2 Å². The van der Waals surface area contributed by atoms with Crippen LogP contribution in [0, 0.1) is 0 Å². The summed E-state index contributed by atoms with van der Waals surface area (Å²) in [5.41, 5.74) is 0.903. The highest BCUT2D eigenvalue weighted by atomic mass is 28.4. The van der Waals surface area contributed by atoms with Crippen LogP contribution < -0.4 is 4.74 Å². The van der Waals surface area contributed by atoms with Gasteiger partial charge < -0.3 is 13.6 Å². The molecule has 0 saturated carbocycles. The molecule has 0 aliphatic carbocycles. The summed E-state index contributed by atoms with van der Waals surface area (Å²) in [6, 6.07) is 7.82. The summed E-state index contributed by atoms with van der Waals surface area (Å²) in [5.74, 6) is 1.23. The number of rotatable bonds is 9. The lowest BCUT2D eigenvalue weighted by atomic mass is 10.2. The number of hydrogen-bond donors (Lipinski definition) is 0. The zero-order valence-corrected chi connectivity index (χ0v) is 19.7. The van der Waals surface area contributed by atoms with Crippen molar-refractivity contribution in [3.05, 3.63) is 42.3 Å². The highest BCUT2D eigenvalue weighted by molar-refractivity contribution is 6.74. The maximum atomic E-state index is 6.16. The van der Waals surface area contributed by atoms with Gasteiger partial charge in [-0.1, -0.05) is 32.9 Å². The number of ether oxygens (including phenoxy) is 1. The molecule has 0 aliphatic heterocycles. The monoisotopic (exact) mass is 393 g/mol. The highest BCUT2D eigenvalue weighted by Crippen LogP contribution is 2.36. The van der Waals surface area contributed by atoms with Crippen LogP contribution in [0.5, 0.6) is 5.75 Å². The van der Waals surface area contributed by atoms with E-state index < -0.39 is 16.6 Å². The summed E-state index contributed by atoms with van der Waals surface area (Å²) in [6.07, 6.45) is 1.74. The third-order valence-electron chi connectivity index (χ3n) is 4.30. The van der Waals surface area contributed by atoms with E-state index in [1.54, 1.807) is 6.21 Å². The van der Waals surface area contributed by atoms with Gasteiger partial charge >= 0.3 is 0 Å². The lowest BCUT2D eigenvalue weighted by molar-refractivity contribution is 0.203. The zero-order chi connectivity index (χ0) is 20.0. The Balaban J connectivity index is 2.63. The molecule has 0 aromatic heterocycles. The van der Waals surface area contributed by atoms with Crippen LogP contribution in [0.2, 0.25) is 37.8 Å². The minimum absolute atomic E-state index is 0.203. The van der Waals surface area contributed by atoms with Gasteiger partial charge in [-0.3, -0.25) is 0 Å². The molecule has 0 saturated heterocycles. The van der Waals surface area contributed by atoms with Crippen molar-refractivity contribution in [3.8, 4) is 5.75 Å². The van der Waals surface area contributed by atoms with Crippen LogP contribution >= 0.6 is 0 Å². The van der Waals surface area contributed by atoms with E-state index in [1.807, 2.05) is 24.3 Å². The van der Waals surface area contributed by atoms with Crippen LogP contribution in [0.15, 0.2) is 41.7 Å². The Labute approximate surface area is 161 Å². The molecule has 1 aromatic carbocycles. The molecule has 0 bridgehead atoms. The van der Waals surface area contributed by atoms with Crippen LogP contribution in [0.4, 0.5) is 0 Å². The Bertz CT molecular complexity index is 629. The van der Waals surface area contributed by atoms with E-state index in [4.69, 9.17) is 13.6 Å². The molecule has 0 spiro atoms. The Morgan fingerprint density at radius 1 is 1.08 bits per heavy atom. The van der Waals surface area contributed by atoms with Crippen LogP contribution in [0.1, 0.15) is 26.3 Å². The van der Waals surface area contributed by atoms with Crippen molar-refractivity contribution in [2.75, 3.05) is 13.2 Å². The van der Waals surface area contributed by atoms with E-state index in [0.29, 0.717) is 19.1 Å². The Morgan fingerprint density at radius 3 is 2.27 bits per heavy atom. The molecule has 6 heteroatoms. The second-order valence-electron chi connectivity index (χ2n) is 8.86.